The summed E-state index contributed by atoms with van der Waals surface area (Å²) >= 11 is 0. The van der Waals surface area contributed by atoms with Crippen LogP contribution >= 0.6 is 0 Å². The molecule has 0 unspecified atom stereocenters. The number of aromatic nitrogens is 4. The van der Waals surface area contributed by atoms with Crippen LogP contribution in [0.4, 0.5) is 0 Å². The summed E-state index contributed by atoms with van der Waals surface area (Å²) in [6.45, 7) is 1.11. The second-order valence-electron chi connectivity index (χ2n) is 6.33. The van der Waals surface area contributed by atoms with Crippen LogP contribution in [0.25, 0.3) is 5.69 Å². The highest BCUT2D eigenvalue weighted by atomic mass is 16.5. The Morgan fingerprint density at radius 3 is 3.07 bits per heavy atom. The summed E-state index contributed by atoms with van der Waals surface area (Å²) in [7, 11) is 0. The van der Waals surface area contributed by atoms with E-state index in [-0.39, 0.29) is 18.4 Å². The third kappa shape index (κ3) is 4.22. The van der Waals surface area contributed by atoms with Crippen LogP contribution < -0.4 is 14.8 Å². The van der Waals surface area contributed by atoms with E-state index >= 15 is 0 Å². The minimum atomic E-state index is -0.165. The molecule has 8 nitrogen and oxygen atoms in total. The number of fused-ring (bicyclic) bond motifs is 1. The van der Waals surface area contributed by atoms with E-state index in [2.05, 4.69) is 26.9 Å². The molecule has 1 aliphatic rings. The summed E-state index contributed by atoms with van der Waals surface area (Å²) < 4.78 is 12.8. The van der Waals surface area contributed by atoms with E-state index in [9.17, 15) is 4.79 Å². The number of hydrogen-bond acceptors (Lipinski definition) is 6. The van der Waals surface area contributed by atoms with E-state index in [0.717, 1.165) is 17.9 Å². The maximum Gasteiger partial charge on any atom is 0.257 e. The lowest BCUT2D eigenvalue weighted by Gasteiger charge is -2.25. The first-order chi connectivity index (χ1) is 13.3. The van der Waals surface area contributed by atoms with Gasteiger partial charge in [0.25, 0.3) is 5.91 Å². The van der Waals surface area contributed by atoms with Crippen molar-refractivity contribution in [2.24, 2.45) is 5.92 Å². The van der Waals surface area contributed by atoms with Gasteiger partial charge < -0.3 is 14.8 Å². The second kappa shape index (κ2) is 7.86. The van der Waals surface area contributed by atoms with Gasteiger partial charge in [0, 0.05) is 18.5 Å². The highest BCUT2D eigenvalue weighted by Crippen LogP contribution is 2.26. The number of benzene rings is 2. The average Bonchev–Trinajstić information content (AvgIpc) is 3.26. The maximum atomic E-state index is 12.1. The minimum Gasteiger partial charge on any atom is -0.493 e. The summed E-state index contributed by atoms with van der Waals surface area (Å²) in [5.74, 6) is 1.60. The Morgan fingerprint density at radius 2 is 2.19 bits per heavy atom. The van der Waals surface area contributed by atoms with Crippen LogP contribution in [0.15, 0.2) is 54.9 Å². The van der Waals surface area contributed by atoms with E-state index in [1.165, 1.54) is 16.6 Å². The van der Waals surface area contributed by atoms with Gasteiger partial charge in [0.2, 0.25) is 0 Å². The second-order valence-corrected chi connectivity index (χ2v) is 6.33. The molecule has 138 valence electrons. The van der Waals surface area contributed by atoms with Crippen molar-refractivity contribution in [2.45, 2.75) is 6.42 Å². The molecule has 2 heterocycles. The number of nitrogens with one attached hydrogen (secondary N) is 1. The van der Waals surface area contributed by atoms with Crippen molar-refractivity contribution in [1.82, 2.24) is 25.5 Å². The zero-order chi connectivity index (χ0) is 18.5. The van der Waals surface area contributed by atoms with Gasteiger partial charge in [-0.3, -0.25) is 4.79 Å². The summed E-state index contributed by atoms with van der Waals surface area (Å²) in [5, 5.41) is 13.9. The number of nitrogens with zero attached hydrogens (tertiary/aromatic N) is 4. The first-order valence-electron chi connectivity index (χ1n) is 8.71. The molecule has 2 aromatic carbocycles. The van der Waals surface area contributed by atoms with Crippen molar-refractivity contribution in [3.8, 4) is 17.2 Å². The molecule has 1 aliphatic heterocycles. The third-order valence-corrected chi connectivity index (χ3v) is 4.34. The smallest absolute Gasteiger partial charge is 0.257 e. The number of tetrazole rings is 1. The third-order valence-electron chi connectivity index (χ3n) is 4.34. The molecule has 0 fully saturated rings. The van der Waals surface area contributed by atoms with Crippen molar-refractivity contribution in [3.05, 3.63) is 60.4 Å². The van der Waals surface area contributed by atoms with Crippen LogP contribution in [0.2, 0.25) is 0 Å². The molecular formula is C19H19N5O3. The molecule has 0 bridgehead atoms. The minimum absolute atomic E-state index is 0.0524. The van der Waals surface area contributed by atoms with Crippen molar-refractivity contribution in [3.63, 3.8) is 0 Å². The molecule has 27 heavy (non-hydrogen) atoms. The molecule has 1 atom stereocenters. The van der Waals surface area contributed by atoms with E-state index in [1.807, 2.05) is 30.3 Å². The number of hydrogen-bond donors (Lipinski definition) is 1. The van der Waals surface area contributed by atoms with Crippen LogP contribution in [0.3, 0.4) is 0 Å². The molecule has 1 aromatic heterocycles. The maximum absolute atomic E-state index is 12.1. The fraction of sp³-hybridized carbons (Fsp3) is 0.263. The summed E-state index contributed by atoms with van der Waals surface area (Å²) in [4.78, 5) is 12.1. The molecule has 0 saturated carbocycles. The summed E-state index contributed by atoms with van der Waals surface area (Å²) in [5.41, 5.74) is 1.94. The monoisotopic (exact) mass is 365 g/mol. The number of carbonyl (C=O) groups excluding carboxylic acids is 1. The molecule has 0 radical (unpaired) electrons. The highest BCUT2D eigenvalue weighted by Gasteiger charge is 2.20. The lowest BCUT2D eigenvalue weighted by Crippen LogP contribution is -2.37. The molecule has 0 aliphatic carbocycles. The van der Waals surface area contributed by atoms with E-state index in [1.54, 1.807) is 12.1 Å². The van der Waals surface area contributed by atoms with Crippen molar-refractivity contribution < 1.29 is 14.3 Å². The largest absolute Gasteiger partial charge is 0.493 e. The van der Waals surface area contributed by atoms with Crippen LogP contribution in [-0.2, 0) is 11.2 Å². The molecule has 1 N–H and O–H groups in total. The molecule has 0 saturated heterocycles. The van der Waals surface area contributed by atoms with Crippen LogP contribution in [-0.4, -0.2) is 45.9 Å². The molecule has 8 heteroatoms. The van der Waals surface area contributed by atoms with Gasteiger partial charge in [-0.2, -0.15) is 0 Å². The fourth-order valence-electron chi connectivity index (χ4n) is 2.98. The van der Waals surface area contributed by atoms with Crippen LogP contribution in [0.5, 0.6) is 11.5 Å². The van der Waals surface area contributed by atoms with Crippen LogP contribution in [0.1, 0.15) is 5.56 Å². The van der Waals surface area contributed by atoms with Gasteiger partial charge in [0.15, 0.2) is 6.61 Å². The van der Waals surface area contributed by atoms with Gasteiger partial charge in [-0.15, -0.1) is 5.10 Å². The van der Waals surface area contributed by atoms with Crippen LogP contribution in [0, 0.1) is 5.92 Å². The number of carbonyl (C=O) groups is 1. The average molecular weight is 365 g/mol. The lowest BCUT2D eigenvalue weighted by atomic mass is 9.97. The Morgan fingerprint density at radius 1 is 1.26 bits per heavy atom. The van der Waals surface area contributed by atoms with Crippen molar-refractivity contribution in [1.29, 1.82) is 0 Å². The fourth-order valence-corrected chi connectivity index (χ4v) is 2.98. The predicted octanol–water partition coefficient (Wildman–Crippen LogP) is 1.41. The van der Waals surface area contributed by atoms with Gasteiger partial charge in [-0.1, -0.05) is 24.3 Å². The predicted molar refractivity (Wildman–Crippen MR) is 96.8 cm³/mol. The van der Waals surface area contributed by atoms with Crippen molar-refractivity contribution >= 4 is 5.91 Å². The Labute approximate surface area is 156 Å². The van der Waals surface area contributed by atoms with Gasteiger partial charge in [0.1, 0.15) is 17.8 Å². The van der Waals surface area contributed by atoms with E-state index in [0.29, 0.717) is 18.9 Å². The zero-order valence-corrected chi connectivity index (χ0v) is 14.6. The van der Waals surface area contributed by atoms with E-state index in [4.69, 9.17) is 9.47 Å². The normalized spacial score (nSPS) is 15.5. The Balaban J connectivity index is 1.25. The van der Waals surface area contributed by atoms with Gasteiger partial charge >= 0.3 is 0 Å². The quantitative estimate of drug-likeness (QED) is 0.710. The Hall–Kier alpha value is -3.42. The first-order valence-corrected chi connectivity index (χ1v) is 8.71. The zero-order valence-electron chi connectivity index (χ0n) is 14.6. The molecule has 3 aromatic rings. The number of ether oxygens (including phenoxy) is 2. The Kier molecular flexibility index (Phi) is 4.95. The summed E-state index contributed by atoms with van der Waals surface area (Å²) in [6.07, 6.45) is 2.39. The van der Waals surface area contributed by atoms with E-state index < -0.39 is 0 Å². The lowest BCUT2D eigenvalue weighted by molar-refractivity contribution is -0.123. The Bertz CT molecular complexity index is 913. The van der Waals surface area contributed by atoms with Gasteiger partial charge in [-0.25, -0.2) is 4.68 Å². The topological polar surface area (TPSA) is 91.2 Å². The first kappa shape index (κ1) is 17.0. The summed E-state index contributed by atoms with van der Waals surface area (Å²) in [6, 6.07) is 15.2. The molecule has 1 amide bonds. The van der Waals surface area contributed by atoms with Gasteiger partial charge in [0.05, 0.1) is 12.3 Å². The van der Waals surface area contributed by atoms with Crippen molar-refractivity contribution in [2.75, 3.05) is 19.8 Å². The number of rotatable bonds is 6. The number of para-hydroxylation sites is 1. The SMILES string of the molecule is O=C(COc1cccc(-n2cnnn2)c1)NC[C@H]1COc2ccccc2C1. The molecule has 0 spiro atoms. The molecule has 4 rings (SSSR count). The highest BCUT2D eigenvalue weighted by molar-refractivity contribution is 5.77. The number of amides is 1. The van der Waals surface area contributed by atoms with Gasteiger partial charge in [-0.05, 0) is 40.6 Å². The standard InChI is InChI=1S/C19H19N5O3/c25-19(20-10-14-8-15-4-1-2-7-18(15)27-11-14)12-26-17-6-3-5-16(9-17)24-13-21-22-23-24/h1-7,9,13-14H,8,10-12H2,(H,20,25)/t14-/m0/s1. The molecular weight excluding hydrogens is 346 g/mol.